The van der Waals surface area contributed by atoms with Crippen molar-refractivity contribution in [2.45, 2.75) is 16.3 Å². The van der Waals surface area contributed by atoms with E-state index in [0.29, 0.717) is 22.8 Å². The van der Waals surface area contributed by atoms with Crippen molar-refractivity contribution in [3.63, 3.8) is 0 Å². The standard InChI is InChI=1S/C17H22N4O2S/c18-12-13-1-4-15(5-2-13)24(22,23)17-6-3-14(19)11-16(17)21-9-7-20-8-10-21/h1-6,11,20H,7-10,12,18-19H2. The van der Waals surface area contributed by atoms with E-state index in [9.17, 15) is 8.42 Å². The Labute approximate surface area is 142 Å². The van der Waals surface area contributed by atoms with Crippen LogP contribution in [-0.2, 0) is 16.4 Å². The van der Waals surface area contributed by atoms with Crippen molar-refractivity contribution in [3.05, 3.63) is 48.0 Å². The number of nitrogens with zero attached hydrogens (tertiary/aromatic N) is 1. The topological polar surface area (TPSA) is 101 Å². The van der Waals surface area contributed by atoms with Gasteiger partial charge in [-0.2, -0.15) is 0 Å². The Kier molecular flexibility index (Phi) is 4.75. The molecule has 1 heterocycles. The number of anilines is 2. The molecule has 24 heavy (non-hydrogen) atoms. The van der Waals surface area contributed by atoms with Crippen molar-refractivity contribution in [2.24, 2.45) is 5.73 Å². The summed E-state index contributed by atoms with van der Waals surface area (Å²) in [6.45, 7) is 3.52. The van der Waals surface area contributed by atoms with Gasteiger partial charge in [0.05, 0.1) is 15.5 Å². The molecule has 1 saturated heterocycles. The first-order chi connectivity index (χ1) is 11.5. The Balaban J connectivity index is 2.06. The highest BCUT2D eigenvalue weighted by Gasteiger charge is 2.25. The lowest BCUT2D eigenvalue weighted by Gasteiger charge is -2.31. The molecule has 1 aliphatic heterocycles. The minimum absolute atomic E-state index is 0.265. The van der Waals surface area contributed by atoms with Crippen molar-refractivity contribution in [3.8, 4) is 0 Å². The number of nitrogens with two attached hydrogens (primary N) is 2. The Morgan fingerprint density at radius 2 is 1.71 bits per heavy atom. The van der Waals surface area contributed by atoms with E-state index in [1.54, 1.807) is 42.5 Å². The second-order valence-electron chi connectivity index (χ2n) is 5.82. The average Bonchev–Trinajstić information content (AvgIpc) is 2.62. The number of rotatable bonds is 4. The van der Waals surface area contributed by atoms with Gasteiger partial charge in [0.25, 0.3) is 0 Å². The normalized spacial score (nSPS) is 15.5. The van der Waals surface area contributed by atoms with Crippen molar-refractivity contribution >= 4 is 21.2 Å². The zero-order valence-corrected chi connectivity index (χ0v) is 14.2. The van der Waals surface area contributed by atoms with E-state index in [2.05, 4.69) is 10.2 Å². The number of nitrogens with one attached hydrogen (secondary N) is 1. The Morgan fingerprint density at radius 1 is 1.04 bits per heavy atom. The van der Waals surface area contributed by atoms with Crippen LogP contribution in [0.4, 0.5) is 11.4 Å². The molecule has 1 fully saturated rings. The molecule has 0 unspecified atom stereocenters. The summed E-state index contributed by atoms with van der Waals surface area (Å²) in [6.07, 6.45) is 0. The summed E-state index contributed by atoms with van der Waals surface area (Å²) in [6, 6.07) is 11.7. The molecule has 0 saturated carbocycles. The van der Waals surface area contributed by atoms with Gasteiger partial charge in [0.15, 0.2) is 0 Å². The highest BCUT2D eigenvalue weighted by Crippen LogP contribution is 2.32. The molecule has 2 aromatic rings. The van der Waals surface area contributed by atoms with Crippen LogP contribution < -0.4 is 21.7 Å². The molecule has 0 atom stereocenters. The molecule has 0 bridgehead atoms. The first-order valence-corrected chi connectivity index (χ1v) is 9.40. The second kappa shape index (κ2) is 6.80. The Morgan fingerprint density at radius 3 is 2.33 bits per heavy atom. The fourth-order valence-corrected chi connectivity index (χ4v) is 4.31. The van der Waals surface area contributed by atoms with Crippen molar-refractivity contribution in [2.75, 3.05) is 36.8 Å². The minimum atomic E-state index is -3.62. The van der Waals surface area contributed by atoms with Crippen LogP contribution in [0.15, 0.2) is 52.3 Å². The molecular weight excluding hydrogens is 324 g/mol. The average molecular weight is 346 g/mol. The molecule has 7 heteroatoms. The SMILES string of the molecule is NCc1ccc(S(=O)(=O)c2ccc(N)cc2N2CCNCC2)cc1. The summed E-state index contributed by atoms with van der Waals surface area (Å²) in [5.41, 5.74) is 13.6. The van der Waals surface area contributed by atoms with E-state index < -0.39 is 9.84 Å². The molecule has 1 aliphatic rings. The lowest BCUT2D eigenvalue weighted by atomic mass is 10.2. The Hall–Kier alpha value is -2.09. The van der Waals surface area contributed by atoms with Gasteiger partial charge < -0.3 is 21.7 Å². The van der Waals surface area contributed by atoms with Gasteiger partial charge in [0.2, 0.25) is 9.84 Å². The molecule has 0 radical (unpaired) electrons. The lowest BCUT2D eigenvalue weighted by Crippen LogP contribution is -2.44. The van der Waals surface area contributed by atoms with Crippen LogP contribution in [0.5, 0.6) is 0 Å². The summed E-state index contributed by atoms with van der Waals surface area (Å²) in [7, 11) is -3.62. The van der Waals surface area contributed by atoms with Crippen LogP contribution in [0.3, 0.4) is 0 Å². The van der Waals surface area contributed by atoms with Crippen LogP contribution >= 0.6 is 0 Å². The predicted molar refractivity (Wildman–Crippen MR) is 95.7 cm³/mol. The first-order valence-electron chi connectivity index (χ1n) is 7.91. The predicted octanol–water partition coefficient (Wildman–Crippen LogP) is 0.970. The summed E-state index contributed by atoms with van der Waals surface area (Å²) in [4.78, 5) is 2.62. The maximum atomic E-state index is 13.1. The van der Waals surface area contributed by atoms with Crippen molar-refractivity contribution < 1.29 is 8.42 Å². The largest absolute Gasteiger partial charge is 0.399 e. The molecule has 5 N–H and O–H groups in total. The van der Waals surface area contributed by atoms with Crippen LogP contribution in [0.2, 0.25) is 0 Å². The zero-order chi connectivity index (χ0) is 17.2. The number of sulfone groups is 1. The van der Waals surface area contributed by atoms with Crippen molar-refractivity contribution in [1.29, 1.82) is 0 Å². The van der Waals surface area contributed by atoms with Gasteiger partial charge in [0.1, 0.15) is 0 Å². The summed E-state index contributed by atoms with van der Waals surface area (Å²) in [5.74, 6) is 0. The van der Waals surface area contributed by atoms with Crippen LogP contribution in [0.1, 0.15) is 5.56 Å². The highest BCUT2D eigenvalue weighted by atomic mass is 32.2. The molecule has 0 amide bonds. The van der Waals surface area contributed by atoms with Gasteiger partial charge in [-0.15, -0.1) is 0 Å². The number of piperazine rings is 1. The van der Waals surface area contributed by atoms with Gasteiger partial charge in [-0.3, -0.25) is 0 Å². The maximum Gasteiger partial charge on any atom is 0.208 e. The van der Waals surface area contributed by atoms with E-state index in [0.717, 1.165) is 31.7 Å². The van der Waals surface area contributed by atoms with Crippen LogP contribution in [0.25, 0.3) is 0 Å². The third kappa shape index (κ3) is 3.24. The zero-order valence-electron chi connectivity index (χ0n) is 13.4. The number of hydrogen-bond donors (Lipinski definition) is 3. The van der Waals surface area contributed by atoms with Gasteiger partial charge in [-0.25, -0.2) is 8.42 Å². The maximum absolute atomic E-state index is 13.1. The summed E-state index contributed by atoms with van der Waals surface area (Å²) < 4.78 is 26.2. The summed E-state index contributed by atoms with van der Waals surface area (Å²) in [5, 5.41) is 3.27. The molecule has 0 spiro atoms. The minimum Gasteiger partial charge on any atom is -0.399 e. The Bertz CT molecular complexity index is 813. The van der Waals surface area contributed by atoms with Gasteiger partial charge in [0, 0.05) is 38.4 Å². The molecule has 2 aromatic carbocycles. The monoisotopic (exact) mass is 346 g/mol. The lowest BCUT2D eigenvalue weighted by molar-refractivity contribution is 0.580. The number of benzene rings is 2. The van der Waals surface area contributed by atoms with Crippen molar-refractivity contribution in [1.82, 2.24) is 5.32 Å². The van der Waals surface area contributed by atoms with Crippen LogP contribution in [-0.4, -0.2) is 34.6 Å². The van der Waals surface area contributed by atoms with Gasteiger partial charge >= 0.3 is 0 Å². The van der Waals surface area contributed by atoms with E-state index in [1.165, 1.54) is 0 Å². The molecule has 0 aliphatic carbocycles. The molecular formula is C17H22N4O2S. The second-order valence-corrected chi connectivity index (χ2v) is 7.73. The smallest absolute Gasteiger partial charge is 0.208 e. The van der Waals surface area contributed by atoms with Gasteiger partial charge in [-0.05, 0) is 35.9 Å². The first kappa shape index (κ1) is 16.8. The summed E-state index contributed by atoms with van der Waals surface area (Å²) >= 11 is 0. The van der Waals surface area contributed by atoms with E-state index in [4.69, 9.17) is 11.5 Å². The third-order valence-electron chi connectivity index (χ3n) is 4.20. The molecule has 128 valence electrons. The molecule has 3 rings (SSSR count). The highest BCUT2D eigenvalue weighted by molar-refractivity contribution is 7.91. The van der Waals surface area contributed by atoms with E-state index in [1.807, 2.05) is 0 Å². The number of hydrogen-bond acceptors (Lipinski definition) is 6. The quantitative estimate of drug-likeness (QED) is 0.713. The fraction of sp³-hybridized carbons (Fsp3) is 0.294. The number of nitrogen functional groups attached to an aromatic ring is 1. The van der Waals surface area contributed by atoms with Crippen LogP contribution in [0, 0.1) is 0 Å². The molecule has 6 nitrogen and oxygen atoms in total. The van der Waals surface area contributed by atoms with E-state index in [-0.39, 0.29) is 4.90 Å². The third-order valence-corrected chi connectivity index (χ3v) is 6.02. The molecule has 0 aromatic heterocycles. The van der Waals surface area contributed by atoms with E-state index >= 15 is 0 Å². The van der Waals surface area contributed by atoms with Gasteiger partial charge in [-0.1, -0.05) is 12.1 Å². The fourth-order valence-electron chi connectivity index (χ4n) is 2.85.